The Hall–Kier alpha value is -2.71. The SMILES string of the molecule is O=C([O-])c1c(F)c(F)c(N2C(=O)C3=C(CCCC3)C2=O)c(F)c1F. The van der Waals surface area contributed by atoms with Crippen LogP contribution >= 0.6 is 0 Å². The molecule has 2 aliphatic rings. The lowest BCUT2D eigenvalue weighted by Crippen LogP contribution is -2.35. The third-order valence-corrected chi connectivity index (χ3v) is 4.06. The molecule has 0 N–H and O–H groups in total. The number of rotatable bonds is 2. The zero-order valence-electron chi connectivity index (χ0n) is 11.9. The van der Waals surface area contributed by atoms with Crippen LogP contribution in [0.15, 0.2) is 11.1 Å². The maximum absolute atomic E-state index is 14.1. The van der Waals surface area contributed by atoms with Gasteiger partial charge >= 0.3 is 0 Å². The second kappa shape index (κ2) is 5.43. The maximum atomic E-state index is 14.1. The highest BCUT2D eigenvalue weighted by Gasteiger charge is 2.43. The molecule has 126 valence electrons. The zero-order chi connectivity index (χ0) is 17.8. The van der Waals surface area contributed by atoms with Gasteiger partial charge in [0.2, 0.25) is 0 Å². The van der Waals surface area contributed by atoms with Crippen molar-refractivity contribution in [2.45, 2.75) is 25.7 Å². The molecule has 1 aromatic carbocycles. The highest BCUT2D eigenvalue weighted by atomic mass is 19.2. The topological polar surface area (TPSA) is 77.5 Å². The smallest absolute Gasteiger partial charge is 0.261 e. The molecular weight excluding hydrogens is 334 g/mol. The molecule has 0 unspecified atom stereocenters. The van der Waals surface area contributed by atoms with Crippen LogP contribution in [0.5, 0.6) is 0 Å². The summed E-state index contributed by atoms with van der Waals surface area (Å²) in [6.07, 6.45) is 1.59. The Morgan fingerprint density at radius 2 is 1.25 bits per heavy atom. The minimum absolute atomic E-state index is 0.0197. The molecule has 1 aliphatic heterocycles. The molecule has 2 amide bonds. The van der Waals surface area contributed by atoms with Gasteiger partial charge in [-0.1, -0.05) is 0 Å². The number of anilines is 1. The van der Waals surface area contributed by atoms with E-state index in [2.05, 4.69) is 0 Å². The number of carbonyl (C=O) groups excluding carboxylic acids is 3. The first-order valence-corrected chi connectivity index (χ1v) is 6.95. The molecule has 0 saturated heterocycles. The van der Waals surface area contributed by atoms with E-state index in [9.17, 15) is 37.1 Å². The fraction of sp³-hybridized carbons (Fsp3) is 0.267. The van der Waals surface area contributed by atoms with Gasteiger partial charge in [-0.3, -0.25) is 9.59 Å². The van der Waals surface area contributed by atoms with Gasteiger partial charge in [-0.25, -0.2) is 22.5 Å². The van der Waals surface area contributed by atoms with E-state index < -0.39 is 52.3 Å². The van der Waals surface area contributed by atoms with E-state index in [4.69, 9.17) is 0 Å². The van der Waals surface area contributed by atoms with Crippen LogP contribution in [-0.4, -0.2) is 17.8 Å². The molecule has 1 heterocycles. The first-order valence-electron chi connectivity index (χ1n) is 6.95. The number of hydrogen-bond acceptors (Lipinski definition) is 4. The van der Waals surface area contributed by atoms with Gasteiger partial charge in [0.05, 0.1) is 11.5 Å². The van der Waals surface area contributed by atoms with Gasteiger partial charge in [0.25, 0.3) is 11.8 Å². The molecule has 9 heteroatoms. The van der Waals surface area contributed by atoms with Crippen LogP contribution in [0.25, 0.3) is 0 Å². The molecule has 0 radical (unpaired) electrons. The third kappa shape index (κ3) is 2.04. The van der Waals surface area contributed by atoms with Gasteiger partial charge in [-0.2, -0.15) is 0 Å². The zero-order valence-corrected chi connectivity index (χ0v) is 11.9. The van der Waals surface area contributed by atoms with Crippen LogP contribution in [0.4, 0.5) is 23.2 Å². The number of carboxylic acid groups (broad SMARTS) is 1. The second-order valence-electron chi connectivity index (χ2n) is 5.38. The van der Waals surface area contributed by atoms with Crippen molar-refractivity contribution < 1.29 is 37.1 Å². The van der Waals surface area contributed by atoms with Gasteiger partial charge in [0.1, 0.15) is 5.69 Å². The molecule has 24 heavy (non-hydrogen) atoms. The predicted octanol–water partition coefficient (Wildman–Crippen LogP) is 1.35. The lowest BCUT2D eigenvalue weighted by Gasteiger charge is -2.19. The molecule has 5 nitrogen and oxygen atoms in total. The van der Waals surface area contributed by atoms with Crippen LogP contribution in [-0.2, 0) is 9.59 Å². The average Bonchev–Trinajstić information content (AvgIpc) is 2.79. The Bertz CT molecular complexity index is 789. The minimum Gasteiger partial charge on any atom is -0.545 e. The number of benzene rings is 1. The summed E-state index contributed by atoms with van der Waals surface area (Å²) in [5.74, 6) is -13.4. The minimum atomic E-state index is -2.47. The molecule has 3 rings (SSSR count). The number of hydrogen-bond donors (Lipinski definition) is 0. The second-order valence-corrected chi connectivity index (χ2v) is 5.38. The van der Waals surface area contributed by atoms with E-state index >= 15 is 0 Å². The van der Waals surface area contributed by atoms with Crippen LogP contribution in [0.3, 0.4) is 0 Å². The molecular formula is C15H8F4NO4-. The lowest BCUT2D eigenvalue weighted by atomic mass is 9.93. The Balaban J connectivity index is 2.20. The fourth-order valence-corrected chi connectivity index (χ4v) is 2.94. The summed E-state index contributed by atoms with van der Waals surface area (Å²) in [5, 5.41) is 10.6. The molecule has 0 fully saturated rings. The predicted molar refractivity (Wildman–Crippen MR) is 68.6 cm³/mol. The number of aromatic carboxylic acids is 1. The van der Waals surface area contributed by atoms with Crippen molar-refractivity contribution in [1.29, 1.82) is 0 Å². The van der Waals surface area contributed by atoms with Gasteiger partial charge in [-0.05, 0) is 25.7 Å². The summed E-state index contributed by atoms with van der Waals surface area (Å²) in [4.78, 5) is 35.1. The molecule has 0 saturated carbocycles. The van der Waals surface area contributed by atoms with Crippen LogP contribution in [0.1, 0.15) is 36.0 Å². The maximum Gasteiger partial charge on any atom is 0.261 e. The van der Waals surface area contributed by atoms with E-state index in [0.717, 1.165) is 0 Å². The molecule has 1 aromatic rings. The van der Waals surface area contributed by atoms with Crippen molar-refractivity contribution in [3.8, 4) is 0 Å². The van der Waals surface area contributed by atoms with E-state index in [1.54, 1.807) is 0 Å². The summed E-state index contributed by atoms with van der Waals surface area (Å²) >= 11 is 0. The Kier molecular flexibility index (Phi) is 3.66. The van der Waals surface area contributed by atoms with E-state index in [-0.39, 0.29) is 28.9 Å². The van der Waals surface area contributed by atoms with Gasteiger partial charge in [0.15, 0.2) is 23.3 Å². The Labute approximate surface area is 132 Å². The van der Waals surface area contributed by atoms with Crippen LogP contribution in [0, 0.1) is 23.3 Å². The molecule has 1 aliphatic carbocycles. The normalized spacial score (nSPS) is 17.6. The van der Waals surface area contributed by atoms with Crippen LogP contribution in [0.2, 0.25) is 0 Å². The summed E-state index contributed by atoms with van der Waals surface area (Å²) < 4.78 is 55.7. The van der Waals surface area contributed by atoms with Crippen molar-refractivity contribution >= 4 is 23.5 Å². The number of amides is 2. The van der Waals surface area contributed by atoms with E-state index in [1.807, 2.05) is 0 Å². The fourth-order valence-electron chi connectivity index (χ4n) is 2.94. The number of nitrogens with zero attached hydrogens (tertiary/aromatic N) is 1. The summed E-state index contributed by atoms with van der Waals surface area (Å²) in [5.41, 5.74) is -3.39. The number of halogens is 4. The summed E-state index contributed by atoms with van der Waals surface area (Å²) in [6.45, 7) is 0. The van der Waals surface area contributed by atoms with Crippen molar-refractivity contribution in [2.24, 2.45) is 0 Å². The van der Waals surface area contributed by atoms with Crippen molar-refractivity contribution in [3.63, 3.8) is 0 Å². The van der Waals surface area contributed by atoms with E-state index in [1.165, 1.54) is 0 Å². The highest BCUT2D eigenvalue weighted by molar-refractivity contribution is 6.33. The monoisotopic (exact) mass is 342 g/mol. The summed E-state index contributed by atoms with van der Waals surface area (Å²) in [6, 6.07) is 0. The lowest BCUT2D eigenvalue weighted by molar-refractivity contribution is -0.255. The van der Waals surface area contributed by atoms with Crippen molar-refractivity contribution in [3.05, 3.63) is 40.0 Å². The first-order chi connectivity index (χ1) is 11.3. The number of imide groups is 1. The largest absolute Gasteiger partial charge is 0.545 e. The van der Waals surface area contributed by atoms with Gasteiger partial charge in [-0.15, -0.1) is 0 Å². The third-order valence-electron chi connectivity index (χ3n) is 4.06. The summed E-state index contributed by atoms with van der Waals surface area (Å²) in [7, 11) is 0. The Morgan fingerprint density at radius 1 is 0.833 bits per heavy atom. The molecule has 0 bridgehead atoms. The van der Waals surface area contributed by atoms with E-state index in [0.29, 0.717) is 12.8 Å². The average molecular weight is 342 g/mol. The Morgan fingerprint density at radius 3 is 1.62 bits per heavy atom. The van der Waals surface area contributed by atoms with Gasteiger partial charge < -0.3 is 9.90 Å². The first kappa shape index (κ1) is 16.2. The molecule has 0 spiro atoms. The number of carboxylic acids is 1. The van der Waals surface area contributed by atoms with Crippen molar-refractivity contribution in [2.75, 3.05) is 4.90 Å². The standard InChI is InChI=1S/C15H9F4NO4/c16-8-7(15(23)24)9(17)11(19)12(10(8)18)20-13(21)5-3-1-2-4-6(5)14(20)22/h1-4H2,(H,23,24)/p-1. The molecule has 0 aromatic heterocycles. The van der Waals surface area contributed by atoms with Crippen LogP contribution < -0.4 is 10.0 Å². The van der Waals surface area contributed by atoms with Gasteiger partial charge in [0, 0.05) is 11.1 Å². The highest BCUT2D eigenvalue weighted by Crippen LogP contribution is 2.39. The molecule has 0 atom stereocenters. The quantitative estimate of drug-likeness (QED) is 0.462. The van der Waals surface area contributed by atoms with Crippen molar-refractivity contribution in [1.82, 2.24) is 0 Å². The number of carbonyl (C=O) groups is 3.